The molecule has 4 heteroatoms. The highest BCUT2D eigenvalue weighted by Crippen LogP contribution is 2.32. The van der Waals surface area contributed by atoms with Crippen LogP contribution in [0.25, 0.3) is 0 Å². The lowest BCUT2D eigenvalue weighted by Crippen LogP contribution is -2.35. The number of carboxylic acid groups (broad SMARTS) is 1. The molecule has 0 aromatic carbocycles. The van der Waals surface area contributed by atoms with Gasteiger partial charge in [0.25, 0.3) is 0 Å². The highest BCUT2D eigenvalue weighted by atomic mass is 16.5. The fraction of sp³-hybridized carbons (Fsp3) is 0.900. The highest BCUT2D eigenvalue weighted by Gasteiger charge is 2.37. The van der Waals surface area contributed by atoms with Crippen LogP contribution >= 0.6 is 0 Å². The first-order valence-electron chi connectivity index (χ1n) is 9.77. The van der Waals surface area contributed by atoms with Crippen LogP contribution in [0, 0.1) is 23.7 Å². The second-order valence-electron chi connectivity index (χ2n) is 7.04. The lowest BCUT2D eigenvalue weighted by molar-refractivity contribution is -0.163. The summed E-state index contributed by atoms with van der Waals surface area (Å²) in [6, 6.07) is 0. The number of aliphatic carboxylic acids is 1. The van der Waals surface area contributed by atoms with Crippen molar-refractivity contribution >= 4 is 11.9 Å². The van der Waals surface area contributed by atoms with E-state index >= 15 is 0 Å². The van der Waals surface area contributed by atoms with E-state index in [0.29, 0.717) is 24.7 Å². The zero-order chi connectivity index (χ0) is 18.7. The van der Waals surface area contributed by atoms with Crippen LogP contribution in [-0.2, 0) is 14.3 Å². The Kier molecular flexibility index (Phi) is 11.8. The largest absolute Gasteiger partial charge is 0.481 e. The van der Waals surface area contributed by atoms with Crippen molar-refractivity contribution in [1.82, 2.24) is 0 Å². The average molecular weight is 343 g/mol. The maximum Gasteiger partial charge on any atom is 0.310 e. The van der Waals surface area contributed by atoms with Crippen molar-refractivity contribution < 1.29 is 19.4 Å². The second kappa shape index (κ2) is 12.3. The fourth-order valence-corrected chi connectivity index (χ4v) is 3.19. The van der Waals surface area contributed by atoms with Gasteiger partial charge in [-0.25, -0.2) is 0 Å². The minimum absolute atomic E-state index is 0.163. The molecule has 0 bridgehead atoms. The molecule has 24 heavy (non-hydrogen) atoms. The quantitative estimate of drug-likeness (QED) is 0.461. The van der Waals surface area contributed by atoms with Gasteiger partial charge in [0.15, 0.2) is 0 Å². The summed E-state index contributed by atoms with van der Waals surface area (Å²) in [6.45, 7) is 12.2. The third-order valence-corrected chi connectivity index (χ3v) is 5.48. The Labute approximate surface area is 148 Å². The van der Waals surface area contributed by atoms with Crippen LogP contribution in [0.1, 0.15) is 86.5 Å². The highest BCUT2D eigenvalue weighted by molar-refractivity contribution is 5.81. The van der Waals surface area contributed by atoms with Crippen LogP contribution < -0.4 is 0 Å². The van der Waals surface area contributed by atoms with Crippen molar-refractivity contribution in [2.24, 2.45) is 23.7 Å². The van der Waals surface area contributed by atoms with Crippen LogP contribution in [-0.4, -0.2) is 23.1 Å². The molecule has 1 N–H and O–H groups in total. The zero-order valence-corrected chi connectivity index (χ0v) is 16.5. The summed E-state index contributed by atoms with van der Waals surface area (Å²) in [4.78, 5) is 24.6. The Morgan fingerprint density at radius 2 is 1.21 bits per heavy atom. The van der Waals surface area contributed by atoms with Crippen molar-refractivity contribution in [3.05, 3.63) is 0 Å². The van der Waals surface area contributed by atoms with Crippen molar-refractivity contribution in [2.45, 2.75) is 92.6 Å². The number of hydrogen-bond donors (Lipinski definition) is 1. The zero-order valence-electron chi connectivity index (χ0n) is 16.5. The molecule has 142 valence electrons. The second-order valence-corrected chi connectivity index (χ2v) is 7.04. The van der Waals surface area contributed by atoms with Gasteiger partial charge in [-0.2, -0.15) is 0 Å². The van der Waals surface area contributed by atoms with Gasteiger partial charge in [-0.15, -0.1) is 0 Å². The van der Waals surface area contributed by atoms with E-state index in [1.165, 1.54) is 0 Å². The summed E-state index contributed by atoms with van der Waals surface area (Å²) >= 11 is 0. The molecule has 0 aliphatic heterocycles. The van der Waals surface area contributed by atoms with Crippen molar-refractivity contribution in [3.8, 4) is 0 Å². The monoisotopic (exact) mass is 342 g/mol. The standard InChI is InChI=1S/C20H38O4/c1-7-14(6)24-20(23)18(13-16(10-4)11-5)17(19(21)22)12-15(8-2)9-3/h14-18H,7-13H2,1-6H3,(H,21,22). The molecule has 0 saturated carbocycles. The molecular formula is C20H38O4. The Hall–Kier alpha value is -1.06. The predicted molar refractivity (Wildman–Crippen MR) is 97.8 cm³/mol. The Morgan fingerprint density at radius 1 is 0.792 bits per heavy atom. The molecule has 0 radical (unpaired) electrons. The van der Waals surface area contributed by atoms with E-state index in [0.717, 1.165) is 32.1 Å². The topological polar surface area (TPSA) is 63.6 Å². The molecule has 0 spiro atoms. The molecule has 3 atom stereocenters. The summed E-state index contributed by atoms with van der Waals surface area (Å²) in [6.07, 6.45) is 5.55. The summed E-state index contributed by atoms with van der Waals surface area (Å²) in [5, 5.41) is 9.77. The number of carbonyl (C=O) groups excluding carboxylic acids is 1. The minimum Gasteiger partial charge on any atom is -0.481 e. The Morgan fingerprint density at radius 3 is 1.54 bits per heavy atom. The van der Waals surface area contributed by atoms with E-state index in [1.807, 2.05) is 13.8 Å². The van der Waals surface area contributed by atoms with Gasteiger partial charge in [0, 0.05) is 0 Å². The lowest BCUT2D eigenvalue weighted by atomic mass is 9.77. The Bertz CT molecular complexity index is 359. The average Bonchev–Trinajstić information content (AvgIpc) is 2.57. The molecule has 4 nitrogen and oxygen atoms in total. The number of esters is 1. The van der Waals surface area contributed by atoms with Gasteiger partial charge < -0.3 is 9.84 Å². The number of hydrogen-bond acceptors (Lipinski definition) is 3. The maximum atomic E-state index is 12.7. The van der Waals surface area contributed by atoms with E-state index in [9.17, 15) is 14.7 Å². The number of carbonyl (C=O) groups is 2. The van der Waals surface area contributed by atoms with Gasteiger partial charge in [0.1, 0.15) is 0 Å². The SMILES string of the molecule is CCC(CC)CC(C(=O)O)C(CC(CC)CC)C(=O)OC(C)CC. The molecule has 0 saturated heterocycles. The summed E-state index contributed by atoms with van der Waals surface area (Å²) in [7, 11) is 0. The number of rotatable bonds is 13. The van der Waals surface area contributed by atoms with Gasteiger partial charge >= 0.3 is 11.9 Å². The molecule has 0 fully saturated rings. The van der Waals surface area contributed by atoms with Crippen molar-refractivity contribution in [1.29, 1.82) is 0 Å². The van der Waals surface area contributed by atoms with Crippen molar-refractivity contribution in [2.75, 3.05) is 0 Å². The van der Waals surface area contributed by atoms with Crippen LogP contribution in [0.2, 0.25) is 0 Å². The van der Waals surface area contributed by atoms with E-state index in [2.05, 4.69) is 27.7 Å². The molecule has 0 heterocycles. The summed E-state index contributed by atoms with van der Waals surface area (Å²) in [5.41, 5.74) is 0. The molecule has 0 aliphatic rings. The first kappa shape index (κ1) is 22.9. The third kappa shape index (κ3) is 7.67. The van der Waals surface area contributed by atoms with Crippen LogP contribution in [0.5, 0.6) is 0 Å². The molecule has 3 unspecified atom stereocenters. The molecule has 0 rings (SSSR count). The summed E-state index contributed by atoms with van der Waals surface area (Å²) < 4.78 is 5.53. The smallest absolute Gasteiger partial charge is 0.310 e. The van der Waals surface area contributed by atoms with Crippen LogP contribution in [0.4, 0.5) is 0 Å². The van der Waals surface area contributed by atoms with E-state index < -0.39 is 17.8 Å². The van der Waals surface area contributed by atoms with Gasteiger partial charge in [0.2, 0.25) is 0 Å². The van der Waals surface area contributed by atoms with Crippen LogP contribution in [0.15, 0.2) is 0 Å². The lowest BCUT2D eigenvalue weighted by Gasteiger charge is -2.29. The fourth-order valence-electron chi connectivity index (χ4n) is 3.19. The van der Waals surface area contributed by atoms with Gasteiger partial charge in [-0.1, -0.05) is 60.3 Å². The normalized spacial score (nSPS) is 15.3. The molecule has 0 aromatic heterocycles. The molecule has 0 amide bonds. The molecule has 0 aliphatic carbocycles. The third-order valence-electron chi connectivity index (χ3n) is 5.48. The van der Waals surface area contributed by atoms with E-state index in [4.69, 9.17) is 4.74 Å². The van der Waals surface area contributed by atoms with Gasteiger partial charge in [0.05, 0.1) is 17.9 Å². The van der Waals surface area contributed by atoms with Crippen LogP contribution in [0.3, 0.4) is 0 Å². The van der Waals surface area contributed by atoms with Crippen molar-refractivity contribution in [3.63, 3.8) is 0 Å². The first-order valence-corrected chi connectivity index (χ1v) is 9.77. The van der Waals surface area contributed by atoms with Gasteiger partial charge in [-0.05, 0) is 38.0 Å². The maximum absolute atomic E-state index is 12.7. The number of carboxylic acids is 1. The minimum atomic E-state index is -0.862. The molecular weight excluding hydrogens is 304 g/mol. The summed E-state index contributed by atoms with van der Waals surface area (Å²) in [5.74, 6) is -1.67. The molecule has 0 aromatic rings. The van der Waals surface area contributed by atoms with E-state index in [-0.39, 0.29) is 12.1 Å². The predicted octanol–water partition coefficient (Wildman–Crippen LogP) is 5.30. The number of ether oxygens (including phenoxy) is 1. The first-order chi connectivity index (χ1) is 11.3. The van der Waals surface area contributed by atoms with Gasteiger partial charge in [-0.3, -0.25) is 9.59 Å². The van der Waals surface area contributed by atoms with E-state index in [1.54, 1.807) is 0 Å². The Balaban J connectivity index is 5.40.